The Bertz CT molecular complexity index is 954. The monoisotopic (exact) mass is 341 g/mol. The average Bonchev–Trinajstić information content (AvgIpc) is 3.27. The van der Waals surface area contributed by atoms with Crippen molar-refractivity contribution >= 4 is 26.8 Å². The lowest BCUT2D eigenvalue weighted by atomic mass is 10.2. The average molecular weight is 341 g/mol. The van der Waals surface area contributed by atoms with Crippen molar-refractivity contribution in [3.63, 3.8) is 0 Å². The third-order valence-corrected chi connectivity index (χ3v) is 4.72. The molecule has 0 spiro atoms. The number of rotatable bonds is 4. The molecule has 0 aliphatic rings. The van der Waals surface area contributed by atoms with Crippen LogP contribution in [0.15, 0.2) is 29.0 Å². The van der Waals surface area contributed by atoms with E-state index in [1.165, 1.54) is 0 Å². The Balaban J connectivity index is 1.56. The lowest BCUT2D eigenvalue weighted by Crippen LogP contribution is -2.07. The topological polar surface area (TPSA) is 94.6 Å². The minimum atomic E-state index is -0.151. The van der Waals surface area contributed by atoms with Crippen molar-refractivity contribution in [3.05, 3.63) is 36.1 Å². The summed E-state index contributed by atoms with van der Waals surface area (Å²) < 4.78 is 8.23. The van der Waals surface area contributed by atoms with Gasteiger partial charge < -0.3 is 9.84 Å². The van der Waals surface area contributed by atoms with Gasteiger partial charge in [-0.1, -0.05) is 16.5 Å². The highest BCUT2D eigenvalue weighted by Crippen LogP contribution is 2.30. The molecule has 4 rings (SSSR count). The van der Waals surface area contributed by atoms with Gasteiger partial charge >= 0.3 is 0 Å². The molecule has 4 aromatic rings. The molecular weight excluding hydrogens is 326 g/mol. The van der Waals surface area contributed by atoms with Gasteiger partial charge in [0, 0.05) is 25.0 Å². The van der Waals surface area contributed by atoms with E-state index in [1.54, 1.807) is 28.4 Å². The molecule has 0 bridgehead atoms. The zero-order valence-electron chi connectivity index (χ0n) is 13.4. The van der Waals surface area contributed by atoms with Crippen LogP contribution in [0, 0.1) is 6.92 Å². The highest BCUT2D eigenvalue weighted by atomic mass is 32.1. The Hall–Kier alpha value is -2.81. The fourth-order valence-electron chi connectivity index (χ4n) is 2.42. The summed E-state index contributed by atoms with van der Waals surface area (Å²) in [5, 5.41) is 12.5. The molecule has 0 unspecified atom stereocenters. The number of thiazole rings is 1. The summed E-state index contributed by atoms with van der Waals surface area (Å²) >= 11 is 1.57. The molecule has 9 heteroatoms. The van der Waals surface area contributed by atoms with Gasteiger partial charge in [-0.15, -0.1) is 0 Å². The van der Waals surface area contributed by atoms with Crippen LogP contribution in [0.3, 0.4) is 0 Å². The lowest BCUT2D eigenvalue weighted by Gasteiger charge is -2.07. The number of nitrogens with zero attached hydrogens (tertiary/aromatic N) is 6. The molecular formula is C15H15N7OS. The fraction of sp³-hybridized carbons (Fsp3) is 0.267. The predicted octanol–water partition coefficient (Wildman–Crippen LogP) is 2.96. The maximum Gasteiger partial charge on any atom is 0.249 e. The van der Waals surface area contributed by atoms with Gasteiger partial charge in [-0.2, -0.15) is 10.1 Å². The first-order valence-electron chi connectivity index (χ1n) is 7.42. The van der Waals surface area contributed by atoms with Gasteiger partial charge in [0.15, 0.2) is 10.8 Å². The Morgan fingerprint density at radius 2 is 2.04 bits per heavy atom. The second-order valence-corrected chi connectivity index (χ2v) is 6.44. The molecule has 24 heavy (non-hydrogen) atoms. The van der Waals surface area contributed by atoms with Crippen LogP contribution < -0.4 is 5.32 Å². The third-order valence-electron chi connectivity index (χ3n) is 3.64. The smallest absolute Gasteiger partial charge is 0.249 e. The normalized spacial score (nSPS) is 12.6. The van der Waals surface area contributed by atoms with Crippen molar-refractivity contribution in [1.82, 2.24) is 29.9 Å². The molecule has 0 amide bonds. The molecule has 0 saturated carbocycles. The van der Waals surface area contributed by atoms with Gasteiger partial charge in [0.2, 0.25) is 11.7 Å². The maximum atomic E-state index is 5.37. The predicted molar refractivity (Wildman–Crippen MR) is 90.7 cm³/mol. The third kappa shape index (κ3) is 2.52. The quantitative estimate of drug-likeness (QED) is 0.610. The maximum absolute atomic E-state index is 5.37. The van der Waals surface area contributed by atoms with Crippen LogP contribution in [-0.2, 0) is 7.05 Å². The number of aryl methyl sites for hydroxylation is 2. The van der Waals surface area contributed by atoms with Crippen LogP contribution in [-0.4, -0.2) is 29.9 Å². The second-order valence-electron chi connectivity index (χ2n) is 5.44. The zero-order chi connectivity index (χ0) is 16.7. The molecule has 0 saturated heterocycles. The molecule has 0 radical (unpaired) electrons. The number of hydrogen-bond acceptors (Lipinski definition) is 8. The van der Waals surface area contributed by atoms with E-state index in [0.717, 1.165) is 26.7 Å². The number of pyridine rings is 1. The summed E-state index contributed by atoms with van der Waals surface area (Å²) in [6.45, 7) is 3.94. The SMILES string of the molecule is Cc1nn(C)c2nc(N[C@@H](C)c3nc(-c4ccncc4)no3)sc12. The highest BCUT2D eigenvalue weighted by Gasteiger charge is 2.18. The number of anilines is 1. The Kier molecular flexibility index (Phi) is 3.49. The van der Waals surface area contributed by atoms with Gasteiger partial charge in [0.1, 0.15) is 6.04 Å². The first kappa shape index (κ1) is 14.8. The van der Waals surface area contributed by atoms with E-state index >= 15 is 0 Å². The minimum Gasteiger partial charge on any atom is -0.350 e. The van der Waals surface area contributed by atoms with E-state index in [4.69, 9.17) is 4.52 Å². The van der Waals surface area contributed by atoms with Gasteiger partial charge in [-0.3, -0.25) is 4.98 Å². The van der Waals surface area contributed by atoms with Gasteiger partial charge in [0.25, 0.3) is 0 Å². The molecule has 0 fully saturated rings. The molecule has 0 aromatic carbocycles. The standard InChI is InChI=1S/C15H15N7OS/c1-8-11-13(22(3)20-8)19-15(24-11)17-9(2)14-18-12(21-23-14)10-4-6-16-7-5-10/h4-7,9H,1-3H3,(H,17,19)/t9-/m0/s1. The van der Waals surface area contributed by atoms with E-state index in [2.05, 4.69) is 30.5 Å². The Labute approximate surface area is 141 Å². The van der Waals surface area contributed by atoms with E-state index in [0.29, 0.717) is 11.7 Å². The molecule has 122 valence electrons. The minimum absolute atomic E-state index is 0.151. The molecule has 1 atom stereocenters. The summed E-state index contributed by atoms with van der Waals surface area (Å²) in [4.78, 5) is 13.0. The summed E-state index contributed by atoms with van der Waals surface area (Å²) in [7, 11) is 1.89. The van der Waals surface area contributed by atoms with Crippen LogP contribution in [0.2, 0.25) is 0 Å². The molecule has 4 aromatic heterocycles. The van der Waals surface area contributed by atoms with Crippen molar-refractivity contribution in [1.29, 1.82) is 0 Å². The summed E-state index contributed by atoms with van der Waals surface area (Å²) in [6.07, 6.45) is 3.40. The molecule has 1 N–H and O–H groups in total. The molecule has 8 nitrogen and oxygen atoms in total. The van der Waals surface area contributed by atoms with E-state index in [9.17, 15) is 0 Å². The lowest BCUT2D eigenvalue weighted by molar-refractivity contribution is 0.368. The number of fused-ring (bicyclic) bond motifs is 1. The highest BCUT2D eigenvalue weighted by molar-refractivity contribution is 7.22. The van der Waals surface area contributed by atoms with E-state index in [1.807, 2.05) is 33.0 Å². The molecule has 0 aliphatic heterocycles. The summed E-state index contributed by atoms with van der Waals surface area (Å²) in [5.74, 6) is 1.06. The van der Waals surface area contributed by atoms with Crippen LogP contribution in [0.25, 0.3) is 21.7 Å². The van der Waals surface area contributed by atoms with Crippen molar-refractivity contribution < 1.29 is 4.52 Å². The van der Waals surface area contributed by atoms with Crippen LogP contribution in [0.4, 0.5) is 5.13 Å². The molecule has 4 heterocycles. The van der Waals surface area contributed by atoms with Crippen LogP contribution >= 0.6 is 11.3 Å². The Morgan fingerprint density at radius 3 is 2.79 bits per heavy atom. The number of nitrogens with one attached hydrogen (secondary N) is 1. The second kappa shape index (κ2) is 5.68. The summed E-state index contributed by atoms with van der Waals surface area (Å²) in [5.41, 5.74) is 2.72. The van der Waals surface area contributed by atoms with Crippen LogP contribution in [0.1, 0.15) is 24.6 Å². The first-order valence-corrected chi connectivity index (χ1v) is 8.24. The largest absolute Gasteiger partial charge is 0.350 e. The van der Waals surface area contributed by atoms with Crippen molar-refractivity contribution in [2.75, 3.05) is 5.32 Å². The fourth-order valence-corrected chi connectivity index (χ4v) is 3.44. The number of hydrogen-bond donors (Lipinski definition) is 1. The number of aromatic nitrogens is 6. The Morgan fingerprint density at radius 1 is 1.25 bits per heavy atom. The first-order chi connectivity index (χ1) is 11.6. The zero-order valence-corrected chi connectivity index (χ0v) is 14.2. The van der Waals surface area contributed by atoms with Gasteiger partial charge in [-0.05, 0) is 26.0 Å². The van der Waals surface area contributed by atoms with Crippen molar-refractivity contribution in [2.24, 2.45) is 7.05 Å². The van der Waals surface area contributed by atoms with E-state index < -0.39 is 0 Å². The van der Waals surface area contributed by atoms with E-state index in [-0.39, 0.29) is 6.04 Å². The van der Waals surface area contributed by atoms with Gasteiger partial charge in [-0.25, -0.2) is 9.67 Å². The van der Waals surface area contributed by atoms with Gasteiger partial charge in [0.05, 0.1) is 10.4 Å². The van der Waals surface area contributed by atoms with Crippen molar-refractivity contribution in [3.8, 4) is 11.4 Å². The van der Waals surface area contributed by atoms with Crippen molar-refractivity contribution in [2.45, 2.75) is 19.9 Å². The van der Waals surface area contributed by atoms with Crippen LogP contribution in [0.5, 0.6) is 0 Å². The molecule has 0 aliphatic carbocycles. The summed E-state index contributed by atoms with van der Waals surface area (Å²) in [6, 6.07) is 3.54.